The van der Waals surface area contributed by atoms with E-state index < -0.39 is 0 Å². The molecule has 1 saturated heterocycles. The van der Waals surface area contributed by atoms with Crippen molar-refractivity contribution in [1.29, 1.82) is 0 Å². The molecule has 1 unspecified atom stereocenters. The van der Waals surface area contributed by atoms with Gasteiger partial charge in [0.05, 0.1) is 24.4 Å². The fraction of sp³-hybridized carbons (Fsp3) is 0.615. The molecule has 0 amide bonds. The molecule has 4 aliphatic rings. The van der Waals surface area contributed by atoms with E-state index in [1.54, 1.807) is 7.11 Å². The van der Waals surface area contributed by atoms with Gasteiger partial charge < -0.3 is 24.6 Å². The van der Waals surface area contributed by atoms with Gasteiger partial charge >= 0.3 is 0 Å². The van der Waals surface area contributed by atoms with Crippen LogP contribution in [0.3, 0.4) is 0 Å². The van der Waals surface area contributed by atoms with Crippen molar-refractivity contribution < 1.29 is 19.3 Å². The summed E-state index contributed by atoms with van der Waals surface area (Å²) in [7, 11) is 1.64. The van der Waals surface area contributed by atoms with Gasteiger partial charge in [-0.15, -0.1) is 10.2 Å². The number of ether oxygens (including phenoxy) is 3. The molecule has 0 radical (unpaired) electrons. The second-order valence-corrected chi connectivity index (χ2v) is 10.0. The van der Waals surface area contributed by atoms with Crippen molar-refractivity contribution >= 4 is 5.82 Å². The highest BCUT2D eigenvalue weighted by Crippen LogP contribution is 2.48. The Labute approximate surface area is 194 Å². The van der Waals surface area contributed by atoms with Gasteiger partial charge in [-0.2, -0.15) is 0 Å². The smallest absolute Gasteiger partial charge is 0.188 e. The van der Waals surface area contributed by atoms with Crippen LogP contribution in [-0.2, 0) is 15.9 Å². The van der Waals surface area contributed by atoms with Crippen LogP contribution in [0.15, 0.2) is 18.2 Å². The Balaban J connectivity index is 1.41. The normalized spacial score (nSPS) is 28.4. The van der Waals surface area contributed by atoms with Crippen LogP contribution in [0.5, 0.6) is 5.75 Å². The zero-order chi connectivity index (χ0) is 22.4. The maximum absolute atomic E-state index is 10.5. The summed E-state index contributed by atoms with van der Waals surface area (Å²) in [6.07, 6.45) is 9.26. The Kier molecular flexibility index (Phi) is 5.72. The van der Waals surface area contributed by atoms with Gasteiger partial charge in [-0.1, -0.05) is 18.9 Å². The molecule has 1 aromatic carbocycles. The Morgan fingerprint density at radius 2 is 1.97 bits per heavy atom. The van der Waals surface area contributed by atoms with Gasteiger partial charge in [0.2, 0.25) is 0 Å². The van der Waals surface area contributed by atoms with Gasteiger partial charge in [0.25, 0.3) is 0 Å². The largest absolute Gasteiger partial charge is 0.467 e. The first-order chi connectivity index (χ1) is 16.2. The number of anilines is 1. The number of methoxy groups -OCH3 is 1. The fourth-order valence-corrected chi connectivity index (χ4v) is 5.76. The highest BCUT2D eigenvalue weighted by atomic mass is 16.7. The molecule has 0 spiro atoms. The van der Waals surface area contributed by atoms with E-state index in [1.165, 1.54) is 24.0 Å². The number of hydrogen-bond acceptors (Lipinski definition) is 7. The summed E-state index contributed by atoms with van der Waals surface area (Å²) in [6, 6.07) is 6.51. The van der Waals surface area contributed by atoms with Crippen molar-refractivity contribution in [3.63, 3.8) is 0 Å². The van der Waals surface area contributed by atoms with Gasteiger partial charge in [-0.05, 0) is 67.7 Å². The molecular formula is C26H33N3O4. The Hall–Kier alpha value is -2.22. The topological polar surface area (TPSA) is 85.7 Å². The van der Waals surface area contributed by atoms with Crippen LogP contribution in [0.25, 0.3) is 11.3 Å². The van der Waals surface area contributed by atoms with E-state index in [4.69, 9.17) is 19.3 Å². The highest BCUT2D eigenvalue weighted by Gasteiger charge is 2.39. The molecular weight excluding hydrogens is 418 g/mol. The molecule has 2 saturated carbocycles. The van der Waals surface area contributed by atoms with Crippen molar-refractivity contribution in [3.05, 3.63) is 34.9 Å². The van der Waals surface area contributed by atoms with Gasteiger partial charge in [0, 0.05) is 24.7 Å². The molecule has 33 heavy (non-hydrogen) atoms. The third kappa shape index (κ3) is 4.11. The SMILES string of the molecule is COCOc1cc(C2CC2)ccc1-c1nnc(NC2CCCC[C@H]2O)c2c1C[C@H]1CC[C@@H]2O1. The quantitative estimate of drug-likeness (QED) is 0.600. The van der Waals surface area contributed by atoms with Crippen LogP contribution >= 0.6 is 0 Å². The van der Waals surface area contributed by atoms with E-state index in [2.05, 4.69) is 28.6 Å². The lowest BCUT2D eigenvalue weighted by Gasteiger charge is -2.32. The number of hydrogen-bond donors (Lipinski definition) is 2. The molecule has 2 aliphatic heterocycles. The molecule has 2 bridgehead atoms. The second-order valence-electron chi connectivity index (χ2n) is 10.0. The Morgan fingerprint density at radius 3 is 2.79 bits per heavy atom. The summed E-state index contributed by atoms with van der Waals surface area (Å²) >= 11 is 0. The maximum Gasteiger partial charge on any atom is 0.188 e. The van der Waals surface area contributed by atoms with Gasteiger partial charge in [-0.25, -0.2) is 0 Å². The average Bonchev–Trinajstić information content (AvgIpc) is 3.62. The van der Waals surface area contributed by atoms with Crippen LogP contribution in [0.1, 0.15) is 80.1 Å². The van der Waals surface area contributed by atoms with Gasteiger partial charge in [0.1, 0.15) is 11.4 Å². The number of aromatic nitrogens is 2. The molecule has 1 aromatic heterocycles. The van der Waals surface area contributed by atoms with Crippen LogP contribution < -0.4 is 10.1 Å². The lowest BCUT2D eigenvalue weighted by Crippen LogP contribution is -2.37. The van der Waals surface area contributed by atoms with Crippen LogP contribution in [0.4, 0.5) is 5.82 Å². The molecule has 7 nitrogen and oxygen atoms in total. The minimum absolute atomic E-state index is 0.0144. The van der Waals surface area contributed by atoms with E-state index in [-0.39, 0.29) is 31.1 Å². The number of rotatable bonds is 7. The maximum atomic E-state index is 10.5. The number of nitrogens with one attached hydrogen (secondary N) is 1. The van der Waals surface area contributed by atoms with E-state index in [1.807, 2.05) is 0 Å². The molecule has 2 aromatic rings. The van der Waals surface area contributed by atoms with Crippen molar-refractivity contribution in [3.8, 4) is 17.0 Å². The standard InChI is InChI=1S/C26H33N3O4/c1-31-14-32-23-12-16(15-6-7-15)8-10-18(23)25-19-13-17-9-11-22(33-17)24(19)26(29-28-25)27-20-4-2-3-5-21(20)30/h8,10,12,15,17,20-22,30H,2-7,9,11,13-14H2,1H3,(H,27,29)/t17-,20?,21-,22+/m1/s1. The molecule has 2 aliphatic carbocycles. The van der Waals surface area contributed by atoms with Crippen molar-refractivity contribution in [1.82, 2.24) is 10.2 Å². The number of aliphatic hydroxyl groups is 1. The average molecular weight is 452 g/mol. The van der Waals surface area contributed by atoms with E-state index in [0.29, 0.717) is 5.92 Å². The number of benzene rings is 1. The molecule has 2 N–H and O–H groups in total. The lowest BCUT2D eigenvalue weighted by atomic mass is 9.91. The summed E-state index contributed by atoms with van der Waals surface area (Å²) in [5.41, 5.74) is 5.49. The summed E-state index contributed by atoms with van der Waals surface area (Å²) in [6.45, 7) is 0.199. The number of nitrogens with zero attached hydrogens (tertiary/aromatic N) is 2. The molecule has 7 heteroatoms. The lowest BCUT2D eigenvalue weighted by molar-refractivity contribution is 0.0323. The molecule has 176 valence electrons. The van der Waals surface area contributed by atoms with Crippen LogP contribution in [-0.4, -0.2) is 47.5 Å². The first kappa shape index (κ1) is 21.3. The molecule has 4 atom stereocenters. The molecule has 6 rings (SSSR count). The highest BCUT2D eigenvalue weighted by molar-refractivity contribution is 5.74. The van der Waals surface area contributed by atoms with Crippen molar-refractivity contribution in [2.45, 2.75) is 88.1 Å². The number of aliphatic hydroxyl groups excluding tert-OH is 1. The minimum Gasteiger partial charge on any atom is -0.467 e. The zero-order valence-corrected chi connectivity index (χ0v) is 19.3. The van der Waals surface area contributed by atoms with E-state index in [9.17, 15) is 5.11 Å². The second kappa shape index (κ2) is 8.85. The first-order valence-electron chi connectivity index (χ1n) is 12.5. The summed E-state index contributed by atoms with van der Waals surface area (Å²) in [5.74, 6) is 2.22. The number of fused-ring (bicyclic) bond motifs is 4. The summed E-state index contributed by atoms with van der Waals surface area (Å²) < 4.78 is 17.5. The summed E-state index contributed by atoms with van der Waals surface area (Å²) in [4.78, 5) is 0. The van der Waals surface area contributed by atoms with Crippen molar-refractivity contribution in [2.75, 3.05) is 19.2 Å². The van der Waals surface area contributed by atoms with E-state index in [0.717, 1.165) is 73.3 Å². The predicted molar refractivity (Wildman–Crippen MR) is 124 cm³/mol. The Bertz CT molecular complexity index is 1020. The van der Waals surface area contributed by atoms with Crippen molar-refractivity contribution in [2.24, 2.45) is 0 Å². The summed E-state index contributed by atoms with van der Waals surface area (Å²) in [5, 5.41) is 23.5. The third-order valence-corrected chi connectivity index (χ3v) is 7.67. The molecule has 3 heterocycles. The minimum atomic E-state index is -0.347. The predicted octanol–water partition coefficient (Wildman–Crippen LogP) is 4.50. The van der Waals surface area contributed by atoms with Gasteiger partial charge in [-0.3, -0.25) is 0 Å². The Morgan fingerprint density at radius 1 is 1.09 bits per heavy atom. The third-order valence-electron chi connectivity index (χ3n) is 7.67. The molecule has 3 fully saturated rings. The first-order valence-corrected chi connectivity index (χ1v) is 12.5. The zero-order valence-electron chi connectivity index (χ0n) is 19.3. The van der Waals surface area contributed by atoms with Gasteiger partial charge in [0.15, 0.2) is 12.6 Å². The van der Waals surface area contributed by atoms with E-state index >= 15 is 0 Å². The van der Waals surface area contributed by atoms with Crippen LogP contribution in [0, 0.1) is 0 Å². The van der Waals surface area contributed by atoms with Crippen LogP contribution in [0.2, 0.25) is 0 Å². The monoisotopic (exact) mass is 451 g/mol. The fourth-order valence-electron chi connectivity index (χ4n) is 5.76.